The third-order valence-electron chi connectivity index (χ3n) is 2.72. The molecule has 6 nitrogen and oxygen atoms in total. The zero-order valence-electron chi connectivity index (χ0n) is 11.4. The van der Waals surface area contributed by atoms with Crippen LogP contribution in [0.2, 0.25) is 0 Å². The number of rotatable bonds is 6. The van der Waals surface area contributed by atoms with Gasteiger partial charge >= 0.3 is 0 Å². The van der Waals surface area contributed by atoms with Crippen molar-refractivity contribution in [2.75, 3.05) is 13.7 Å². The van der Waals surface area contributed by atoms with Crippen molar-refractivity contribution in [1.29, 1.82) is 0 Å². The van der Waals surface area contributed by atoms with E-state index in [4.69, 9.17) is 9.26 Å². The predicted molar refractivity (Wildman–Crippen MR) is 70.8 cm³/mol. The normalized spacial score (nSPS) is 12.4. The van der Waals surface area contributed by atoms with E-state index in [1.807, 2.05) is 13.0 Å². The molecule has 6 heteroatoms. The monoisotopic (exact) mass is 262 g/mol. The molecule has 19 heavy (non-hydrogen) atoms. The summed E-state index contributed by atoms with van der Waals surface area (Å²) in [5.41, 5.74) is 0.804. The van der Waals surface area contributed by atoms with Crippen LogP contribution < -0.4 is 10.1 Å². The number of nitrogens with one attached hydrogen (secondary N) is 1. The van der Waals surface area contributed by atoms with E-state index in [2.05, 4.69) is 27.4 Å². The van der Waals surface area contributed by atoms with Gasteiger partial charge in [-0.05, 0) is 26.0 Å². The summed E-state index contributed by atoms with van der Waals surface area (Å²) >= 11 is 0. The van der Waals surface area contributed by atoms with E-state index in [1.165, 1.54) is 0 Å². The Morgan fingerprint density at radius 3 is 2.89 bits per heavy atom. The van der Waals surface area contributed by atoms with Crippen molar-refractivity contribution in [2.24, 2.45) is 0 Å². The molecule has 0 spiro atoms. The van der Waals surface area contributed by atoms with Gasteiger partial charge in [-0.2, -0.15) is 4.98 Å². The topological polar surface area (TPSA) is 73.1 Å². The molecule has 0 aromatic carbocycles. The molecule has 0 amide bonds. The van der Waals surface area contributed by atoms with Crippen LogP contribution in [0.15, 0.2) is 22.9 Å². The summed E-state index contributed by atoms with van der Waals surface area (Å²) in [5, 5.41) is 7.26. The molecule has 0 fully saturated rings. The molecule has 1 N–H and O–H groups in total. The first kappa shape index (κ1) is 13.5. The number of nitrogens with zero attached hydrogens (tertiary/aromatic N) is 3. The summed E-state index contributed by atoms with van der Waals surface area (Å²) in [5.74, 6) is 1.68. The van der Waals surface area contributed by atoms with Gasteiger partial charge in [-0.1, -0.05) is 12.1 Å². The van der Waals surface area contributed by atoms with E-state index >= 15 is 0 Å². The van der Waals surface area contributed by atoms with E-state index in [0.717, 1.165) is 18.5 Å². The van der Waals surface area contributed by atoms with Gasteiger partial charge in [0.05, 0.1) is 13.2 Å². The highest BCUT2D eigenvalue weighted by molar-refractivity contribution is 5.53. The van der Waals surface area contributed by atoms with Crippen molar-refractivity contribution in [3.63, 3.8) is 0 Å². The molecular weight excluding hydrogens is 244 g/mol. The number of aromatic nitrogens is 3. The highest BCUT2D eigenvalue weighted by Gasteiger charge is 2.14. The van der Waals surface area contributed by atoms with Gasteiger partial charge in [0.15, 0.2) is 0 Å². The first-order chi connectivity index (χ1) is 9.24. The van der Waals surface area contributed by atoms with Crippen LogP contribution in [0.1, 0.15) is 32.2 Å². The third kappa shape index (κ3) is 3.29. The highest BCUT2D eigenvalue weighted by Crippen LogP contribution is 2.19. The number of ether oxygens (including phenoxy) is 1. The summed E-state index contributed by atoms with van der Waals surface area (Å²) in [6.45, 7) is 5.03. The number of hydrogen-bond donors (Lipinski definition) is 1. The largest absolute Gasteiger partial charge is 0.481 e. The Morgan fingerprint density at radius 2 is 2.26 bits per heavy atom. The molecule has 1 atom stereocenters. The van der Waals surface area contributed by atoms with Crippen LogP contribution in [-0.2, 0) is 0 Å². The van der Waals surface area contributed by atoms with Gasteiger partial charge in [0, 0.05) is 17.8 Å². The maximum absolute atomic E-state index is 5.25. The molecule has 0 aliphatic heterocycles. The zero-order valence-corrected chi connectivity index (χ0v) is 11.4. The average Bonchev–Trinajstić information content (AvgIpc) is 2.94. The molecule has 0 saturated carbocycles. The first-order valence-corrected chi connectivity index (χ1v) is 6.32. The lowest BCUT2D eigenvalue weighted by Crippen LogP contribution is -2.19. The lowest BCUT2D eigenvalue weighted by Gasteiger charge is -2.06. The molecule has 102 valence electrons. The zero-order chi connectivity index (χ0) is 13.7. The SMILES string of the molecule is CCCNC(C)c1nc(-c2ccc(OC)nc2)no1. The lowest BCUT2D eigenvalue weighted by molar-refractivity contribution is 0.340. The molecule has 2 heterocycles. The van der Waals surface area contributed by atoms with Gasteiger partial charge in [0.2, 0.25) is 17.6 Å². The third-order valence-corrected chi connectivity index (χ3v) is 2.72. The van der Waals surface area contributed by atoms with Crippen LogP contribution in [0.4, 0.5) is 0 Å². The molecular formula is C13H18N4O2. The second-order valence-corrected chi connectivity index (χ2v) is 4.22. The quantitative estimate of drug-likeness (QED) is 0.860. The molecule has 2 aromatic heterocycles. The van der Waals surface area contributed by atoms with Crippen LogP contribution in [0.25, 0.3) is 11.4 Å². The van der Waals surface area contributed by atoms with Crippen LogP contribution in [0, 0.1) is 0 Å². The van der Waals surface area contributed by atoms with Gasteiger partial charge in [-0.3, -0.25) is 0 Å². The second-order valence-electron chi connectivity index (χ2n) is 4.22. The fraction of sp³-hybridized carbons (Fsp3) is 0.462. The van der Waals surface area contributed by atoms with Crippen molar-refractivity contribution in [1.82, 2.24) is 20.4 Å². The summed E-state index contributed by atoms with van der Waals surface area (Å²) in [4.78, 5) is 8.49. The van der Waals surface area contributed by atoms with E-state index < -0.39 is 0 Å². The number of pyridine rings is 1. The van der Waals surface area contributed by atoms with E-state index in [-0.39, 0.29) is 6.04 Å². The van der Waals surface area contributed by atoms with Crippen LogP contribution in [0.3, 0.4) is 0 Å². The number of hydrogen-bond acceptors (Lipinski definition) is 6. The fourth-order valence-corrected chi connectivity index (χ4v) is 1.61. The van der Waals surface area contributed by atoms with Crippen molar-refractivity contribution < 1.29 is 9.26 Å². The Morgan fingerprint density at radius 1 is 1.42 bits per heavy atom. The molecule has 0 aliphatic rings. The van der Waals surface area contributed by atoms with Gasteiger partial charge in [0.1, 0.15) is 0 Å². The minimum absolute atomic E-state index is 0.0485. The van der Waals surface area contributed by atoms with Crippen molar-refractivity contribution in [3.8, 4) is 17.3 Å². The Kier molecular flexibility index (Phi) is 4.46. The average molecular weight is 262 g/mol. The highest BCUT2D eigenvalue weighted by atomic mass is 16.5. The summed E-state index contributed by atoms with van der Waals surface area (Å²) in [6, 6.07) is 3.67. The molecule has 0 saturated heterocycles. The van der Waals surface area contributed by atoms with Gasteiger partial charge in [0.25, 0.3) is 0 Å². The van der Waals surface area contributed by atoms with E-state index in [0.29, 0.717) is 17.6 Å². The lowest BCUT2D eigenvalue weighted by atomic mass is 10.2. The molecule has 0 aliphatic carbocycles. The number of methoxy groups -OCH3 is 1. The molecule has 0 radical (unpaired) electrons. The maximum atomic E-state index is 5.25. The minimum Gasteiger partial charge on any atom is -0.481 e. The molecule has 0 bridgehead atoms. The Hall–Kier alpha value is -1.95. The molecule has 1 unspecified atom stereocenters. The fourth-order valence-electron chi connectivity index (χ4n) is 1.61. The Bertz CT molecular complexity index is 510. The van der Waals surface area contributed by atoms with Gasteiger partial charge < -0.3 is 14.6 Å². The first-order valence-electron chi connectivity index (χ1n) is 6.32. The van der Waals surface area contributed by atoms with Gasteiger partial charge in [-0.15, -0.1) is 0 Å². The van der Waals surface area contributed by atoms with Crippen LogP contribution in [-0.4, -0.2) is 28.8 Å². The van der Waals surface area contributed by atoms with Crippen molar-refractivity contribution >= 4 is 0 Å². The van der Waals surface area contributed by atoms with E-state index in [1.54, 1.807) is 19.4 Å². The molecule has 2 rings (SSSR count). The van der Waals surface area contributed by atoms with Crippen LogP contribution in [0.5, 0.6) is 5.88 Å². The van der Waals surface area contributed by atoms with Crippen molar-refractivity contribution in [3.05, 3.63) is 24.2 Å². The summed E-state index contributed by atoms with van der Waals surface area (Å²) in [7, 11) is 1.58. The predicted octanol–water partition coefficient (Wildman–Crippen LogP) is 2.20. The van der Waals surface area contributed by atoms with Gasteiger partial charge in [-0.25, -0.2) is 4.98 Å². The van der Waals surface area contributed by atoms with E-state index in [9.17, 15) is 0 Å². The maximum Gasteiger partial charge on any atom is 0.243 e. The molecule has 2 aromatic rings. The second kappa shape index (κ2) is 6.29. The smallest absolute Gasteiger partial charge is 0.243 e. The summed E-state index contributed by atoms with van der Waals surface area (Å²) in [6.07, 6.45) is 2.73. The minimum atomic E-state index is 0.0485. The standard InChI is InChI=1S/C13H18N4O2/c1-4-7-14-9(2)13-16-12(17-19-13)10-5-6-11(18-3)15-8-10/h5-6,8-9,14H,4,7H2,1-3H3. The Labute approximate surface area is 112 Å². The van der Waals surface area contributed by atoms with Crippen molar-refractivity contribution in [2.45, 2.75) is 26.3 Å². The van der Waals surface area contributed by atoms with Crippen LogP contribution >= 0.6 is 0 Å². The summed E-state index contributed by atoms with van der Waals surface area (Å²) < 4.78 is 10.3. The Balaban J connectivity index is 2.11.